The molecule has 0 saturated carbocycles. The number of nitrogens with one attached hydrogen (secondary N) is 2. The van der Waals surface area contributed by atoms with Crippen LogP contribution in [-0.2, 0) is 6.54 Å². The number of rotatable bonds is 4. The molecule has 0 amide bonds. The van der Waals surface area contributed by atoms with Crippen LogP contribution in [0.15, 0.2) is 47.4 Å². The maximum Gasteiger partial charge on any atom is 0.171 e. The first-order chi connectivity index (χ1) is 10.1. The molecule has 0 radical (unpaired) electrons. The average molecular weight is 316 g/mol. The molecule has 4 heteroatoms. The minimum atomic E-state index is 0.646. The SMILES string of the molecule is CSc1ccc(CNC(=S)Nc2ccc(C)c(C)c2)cc1. The fraction of sp³-hybridized carbons (Fsp3) is 0.235. The van der Waals surface area contributed by atoms with E-state index < -0.39 is 0 Å². The zero-order valence-corrected chi connectivity index (χ0v) is 14.2. The van der Waals surface area contributed by atoms with E-state index in [1.54, 1.807) is 11.8 Å². The molecule has 0 saturated heterocycles. The van der Waals surface area contributed by atoms with Gasteiger partial charge in [0.1, 0.15) is 0 Å². The third-order valence-electron chi connectivity index (χ3n) is 3.38. The van der Waals surface area contributed by atoms with E-state index in [2.05, 4.69) is 67.1 Å². The van der Waals surface area contributed by atoms with Gasteiger partial charge < -0.3 is 10.6 Å². The van der Waals surface area contributed by atoms with Crippen LogP contribution in [0.3, 0.4) is 0 Å². The van der Waals surface area contributed by atoms with E-state index in [4.69, 9.17) is 12.2 Å². The zero-order chi connectivity index (χ0) is 15.2. The van der Waals surface area contributed by atoms with Gasteiger partial charge in [-0.25, -0.2) is 0 Å². The number of hydrogen-bond donors (Lipinski definition) is 2. The number of thioether (sulfide) groups is 1. The molecule has 0 aromatic heterocycles. The fourth-order valence-corrected chi connectivity index (χ4v) is 2.52. The van der Waals surface area contributed by atoms with Crippen LogP contribution in [0.1, 0.15) is 16.7 Å². The standard InChI is InChI=1S/C17H20N2S2/c1-12-4-7-15(10-13(12)2)19-17(20)18-11-14-5-8-16(21-3)9-6-14/h4-10H,11H2,1-3H3,(H2,18,19,20). The third-order valence-corrected chi connectivity index (χ3v) is 4.37. The molecule has 2 N–H and O–H groups in total. The first kappa shape index (κ1) is 15.9. The Balaban J connectivity index is 1.87. The van der Waals surface area contributed by atoms with Crippen molar-refractivity contribution in [3.8, 4) is 0 Å². The van der Waals surface area contributed by atoms with Crippen molar-refractivity contribution in [2.24, 2.45) is 0 Å². The fourth-order valence-electron chi connectivity index (χ4n) is 1.92. The maximum atomic E-state index is 5.33. The second-order valence-electron chi connectivity index (χ2n) is 4.95. The molecule has 2 nitrogen and oxygen atoms in total. The van der Waals surface area contributed by atoms with Gasteiger partial charge in [-0.05, 0) is 73.3 Å². The Labute approximate surface area is 136 Å². The van der Waals surface area contributed by atoms with Gasteiger partial charge in [-0.15, -0.1) is 11.8 Å². The van der Waals surface area contributed by atoms with Crippen LogP contribution in [0.4, 0.5) is 5.69 Å². The normalized spacial score (nSPS) is 10.2. The lowest BCUT2D eigenvalue weighted by molar-refractivity contribution is 0.924. The topological polar surface area (TPSA) is 24.1 Å². The summed E-state index contributed by atoms with van der Waals surface area (Å²) >= 11 is 7.08. The minimum Gasteiger partial charge on any atom is -0.358 e. The Morgan fingerprint density at radius 3 is 2.38 bits per heavy atom. The van der Waals surface area contributed by atoms with Gasteiger partial charge in [0.2, 0.25) is 0 Å². The first-order valence-corrected chi connectivity index (χ1v) is 8.47. The minimum absolute atomic E-state index is 0.646. The van der Waals surface area contributed by atoms with E-state index in [1.165, 1.54) is 21.6 Å². The molecule has 0 unspecified atom stereocenters. The second-order valence-corrected chi connectivity index (χ2v) is 6.24. The van der Waals surface area contributed by atoms with Gasteiger partial charge in [0.25, 0.3) is 0 Å². The van der Waals surface area contributed by atoms with Crippen LogP contribution in [-0.4, -0.2) is 11.4 Å². The van der Waals surface area contributed by atoms with Gasteiger partial charge in [0, 0.05) is 17.1 Å². The lowest BCUT2D eigenvalue weighted by atomic mass is 10.1. The Bertz CT molecular complexity index is 621. The van der Waals surface area contributed by atoms with Gasteiger partial charge >= 0.3 is 0 Å². The molecular weight excluding hydrogens is 296 g/mol. The van der Waals surface area contributed by atoms with Crippen molar-refractivity contribution < 1.29 is 0 Å². The summed E-state index contributed by atoms with van der Waals surface area (Å²) in [5.41, 5.74) is 4.79. The molecule has 2 rings (SSSR count). The summed E-state index contributed by atoms with van der Waals surface area (Å²) in [7, 11) is 0. The molecule has 0 fully saturated rings. The monoisotopic (exact) mass is 316 g/mol. The smallest absolute Gasteiger partial charge is 0.171 e. The predicted molar refractivity (Wildman–Crippen MR) is 97.2 cm³/mol. The molecule has 0 bridgehead atoms. The van der Waals surface area contributed by atoms with Crippen LogP contribution < -0.4 is 10.6 Å². The van der Waals surface area contributed by atoms with Gasteiger partial charge in [0.05, 0.1) is 0 Å². The van der Waals surface area contributed by atoms with Crippen LogP contribution in [0, 0.1) is 13.8 Å². The van der Waals surface area contributed by atoms with Crippen molar-refractivity contribution in [2.75, 3.05) is 11.6 Å². The Kier molecular flexibility index (Phi) is 5.65. The van der Waals surface area contributed by atoms with E-state index in [1.807, 2.05) is 6.07 Å². The van der Waals surface area contributed by atoms with E-state index in [0.717, 1.165) is 12.2 Å². The number of anilines is 1. The summed E-state index contributed by atoms with van der Waals surface area (Å²) in [6.07, 6.45) is 2.08. The predicted octanol–water partition coefficient (Wildman–Crippen LogP) is 4.51. The average Bonchev–Trinajstić information content (AvgIpc) is 2.49. The molecule has 0 heterocycles. The molecule has 0 aliphatic carbocycles. The molecule has 0 atom stereocenters. The quantitative estimate of drug-likeness (QED) is 0.640. The number of thiocarbonyl (C=S) groups is 1. The van der Waals surface area contributed by atoms with Gasteiger partial charge in [0.15, 0.2) is 5.11 Å². The van der Waals surface area contributed by atoms with Crippen molar-refractivity contribution in [1.82, 2.24) is 5.32 Å². The van der Waals surface area contributed by atoms with Gasteiger partial charge in [-0.2, -0.15) is 0 Å². The van der Waals surface area contributed by atoms with Gasteiger partial charge in [-0.3, -0.25) is 0 Å². The third kappa shape index (κ3) is 4.76. The number of hydrogen-bond acceptors (Lipinski definition) is 2. The van der Waals surface area contributed by atoms with Crippen molar-refractivity contribution in [3.63, 3.8) is 0 Å². The van der Waals surface area contributed by atoms with E-state index in [9.17, 15) is 0 Å². The molecular formula is C17H20N2S2. The van der Waals surface area contributed by atoms with Crippen LogP contribution in [0.25, 0.3) is 0 Å². The highest BCUT2D eigenvalue weighted by molar-refractivity contribution is 7.98. The molecule has 0 aliphatic rings. The molecule has 2 aromatic carbocycles. The van der Waals surface area contributed by atoms with Crippen LogP contribution >= 0.6 is 24.0 Å². The number of benzene rings is 2. The van der Waals surface area contributed by atoms with E-state index in [0.29, 0.717) is 5.11 Å². The van der Waals surface area contributed by atoms with E-state index >= 15 is 0 Å². The lowest BCUT2D eigenvalue weighted by Crippen LogP contribution is -2.27. The summed E-state index contributed by atoms with van der Waals surface area (Å²) in [6.45, 7) is 4.93. The Morgan fingerprint density at radius 1 is 1.05 bits per heavy atom. The highest BCUT2D eigenvalue weighted by atomic mass is 32.2. The lowest BCUT2D eigenvalue weighted by Gasteiger charge is -2.12. The summed E-state index contributed by atoms with van der Waals surface area (Å²) < 4.78 is 0. The van der Waals surface area contributed by atoms with Crippen LogP contribution in [0.2, 0.25) is 0 Å². The summed E-state index contributed by atoms with van der Waals surface area (Å²) in [5, 5.41) is 7.10. The first-order valence-electron chi connectivity index (χ1n) is 6.83. The zero-order valence-electron chi connectivity index (χ0n) is 12.6. The summed E-state index contributed by atoms with van der Waals surface area (Å²) in [6, 6.07) is 14.7. The molecule has 0 aliphatic heterocycles. The van der Waals surface area contributed by atoms with Gasteiger partial charge in [-0.1, -0.05) is 18.2 Å². The van der Waals surface area contributed by atoms with Crippen molar-refractivity contribution in [1.29, 1.82) is 0 Å². The second kappa shape index (κ2) is 7.48. The highest BCUT2D eigenvalue weighted by Crippen LogP contribution is 2.15. The highest BCUT2D eigenvalue weighted by Gasteiger charge is 2.00. The molecule has 0 spiro atoms. The van der Waals surface area contributed by atoms with Crippen molar-refractivity contribution in [2.45, 2.75) is 25.3 Å². The van der Waals surface area contributed by atoms with Crippen LogP contribution in [0.5, 0.6) is 0 Å². The maximum absolute atomic E-state index is 5.33. The largest absolute Gasteiger partial charge is 0.358 e. The Morgan fingerprint density at radius 2 is 1.76 bits per heavy atom. The molecule has 2 aromatic rings. The molecule has 21 heavy (non-hydrogen) atoms. The van der Waals surface area contributed by atoms with E-state index in [-0.39, 0.29) is 0 Å². The summed E-state index contributed by atoms with van der Waals surface area (Å²) in [5.74, 6) is 0. The van der Waals surface area contributed by atoms with Crippen molar-refractivity contribution >= 4 is 34.8 Å². The van der Waals surface area contributed by atoms with Crippen molar-refractivity contribution in [3.05, 3.63) is 59.2 Å². The Hall–Kier alpha value is -1.52. The number of aryl methyl sites for hydroxylation is 2. The molecule has 110 valence electrons. The summed E-state index contributed by atoms with van der Waals surface area (Å²) in [4.78, 5) is 1.27.